The monoisotopic (exact) mass is 359 g/mol. The fraction of sp³-hybridized carbons (Fsp3) is 0.667. The highest BCUT2D eigenvalue weighted by Crippen LogP contribution is 2.31. The molecule has 2 fully saturated rings. The zero-order valence-electron chi connectivity index (χ0n) is 13.4. The van der Waals surface area contributed by atoms with Crippen molar-refractivity contribution in [2.75, 3.05) is 23.3 Å². The third-order valence-corrected chi connectivity index (χ3v) is 4.47. The van der Waals surface area contributed by atoms with Gasteiger partial charge in [-0.05, 0) is 43.8 Å². The Hall–Kier alpha value is -1.64. The Morgan fingerprint density at radius 3 is 2.46 bits per heavy atom. The van der Waals surface area contributed by atoms with Crippen molar-refractivity contribution in [3.63, 3.8) is 0 Å². The summed E-state index contributed by atoms with van der Waals surface area (Å²) in [5.74, 6) is 0.760. The second kappa shape index (κ2) is 6.70. The second-order valence-corrected chi connectivity index (χ2v) is 6.88. The maximum Gasteiger partial charge on any atom is 0.433 e. The predicted molar refractivity (Wildman–Crippen MR) is 90.0 cm³/mol. The van der Waals surface area contributed by atoms with Crippen molar-refractivity contribution < 1.29 is 13.2 Å². The molecule has 1 aromatic rings. The number of aromatic nitrogens is 2. The van der Waals surface area contributed by atoms with E-state index in [1.54, 1.807) is 0 Å². The number of anilines is 2. The van der Waals surface area contributed by atoms with E-state index in [1.165, 1.54) is 0 Å². The van der Waals surface area contributed by atoms with Gasteiger partial charge in [0.2, 0.25) is 5.95 Å². The minimum atomic E-state index is -4.53. The summed E-state index contributed by atoms with van der Waals surface area (Å²) in [6, 6.07) is 1.32. The molecule has 2 N–H and O–H groups in total. The van der Waals surface area contributed by atoms with Gasteiger partial charge < -0.3 is 15.5 Å². The summed E-state index contributed by atoms with van der Waals surface area (Å²) in [7, 11) is 0. The van der Waals surface area contributed by atoms with Gasteiger partial charge in [0.15, 0.2) is 10.8 Å². The highest BCUT2D eigenvalue weighted by molar-refractivity contribution is 7.80. The molecule has 0 aromatic carbocycles. The first-order valence-electron chi connectivity index (χ1n) is 8.10. The Labute approximate surface area is 144 Å². The molecule has 1 saturated carbocycles. The third kappa shape index (κ3) is 4.46. The van der Waals surface area contributed by atoms with Crippen molar-refractivity contribution in [2.24, 2.45) is 5.92 Å². The van der Waals surface area contributed by atoms with E-state index in [-0.39, 0.29) is 11.1 Å². The zero-order valence-corrected chi connectivity index (χ0v) is 14.2. The maximum absolute atomic E-state index is 13.1. The molecule has 0 spiro atoms. The number of hydrogen-bond donors (Lipinski definition) is 2. The Bertz CT molecular complexity index is 610. The third-order valence-electron chi connectivity index (χ3n) is 4.25. The number of halogens is 3. The summed E-state index contributed by atoms with van der Waals surface area (Å²) >= 11 is 5.11. The molecule has 24 heavy (non-hydrogen) atoms. The minimum absolute atomic E-state index is 0.114. The molecule has 1 saturated heterocycles. The van der Waals surface area contributed by atoms with Crippen molar-refractivity contribution in [1.29, 1.82) is 0 Å². The Morgan fingerprint density at radius 1 is 1.21 bits per heavy atom. The maximum atomic E-state index is 13.1. The van der Waals surface area contributed by atoms with Crippen molar-refractivity contribution >= 4 is 29.1 Å². The molecule has 0 amide bonds. The van der Waals surface area contributed by atoms with E-state index in [0.29, 0.717) is 30.9 Å². The number of nitrogens with zero attached hydrogens (tertiary/aromatic N) is 3. The van der Waals surface area contributed by atoms with Crippen LogP contribution in [0.2, 0.25) is 0 Å². The van der Waals surface area contributed by atoms with Crippen LogP contribution in [-0.2, 0) is 6.18 Å². The summed E-state index contributed by atoms with van der Waals surface area (Å²) in [5, 5.41) is 5.96. The molecule has 5 nitrogen and oxygen atoms in total. The average Bonchev–Trinajstić information content (AvgIpc) is 3.30. The Balaban J connectivity index is 1.81. The number of piperidine rings is 1. The van der Waals surface area contributed by atoms with Gasteiger partial charge in [0.05, 0.1) is 0 Å². The molecule has 132 valence electrons. The number of alkyl halides is 3. The van der Waals surface area contributed by atoms with Gasteiger partial charge in [-0.1, -0.05) is 6.92 Å². The van der Waals surface area contributed by atoms with Crippen molar-refractivity contribution in [2.45, 2.75) is 44.8 Å². The quantitative estimate of drug-likeness (QED) is 0.809. The van der Waals surface area contributed by atoms with Crippen LogP contribution in [0.4, 0.5) is 24.9 Å². The van der Waals surface area contributed by atoms with E-state index in [2.05, 4.69) is 27.5 Å². The molecule has 2 heterocycles. The van der Waals surface area contributed by atoms with Crippen LogP contribution < -0.4 is 15.5 Å². The molecule has 1 aliphatic heterocycles. The molecule has 9 heteroatoms. The molecule has 3 rings (SSSR count). The highest BCUT2D eigenvalue weighted by atomic mass is 32.1. The number of thiocarbonyl (C=S) groups is 1. The van der Waals surface area contributed by atoms with Crippen LogP contribution >= 0.6 is 12.2 Å². The van der Waals surface area contributed by atoms with E-state index in [4.69, 9.17) is 12.2 Å². The molecule has 0 unspecified atom stereocenters. The van der Waals surface area contributed by atoms with Gasteiger partial charge in [0.1, 0.15) is 5.82 Å². The smallest absolute Gasteiger partial charge is 0.360 e. The predicted octanol–water partition coefficient (Wildman–Crippen LogP) is 3.18. The molecule has 2 aliphatic rings. The first-order chi connectivity index (χ1) is 11.3. The average molecular weight is 359 g/mol. The van der Waals surface area contributed by atoms with Crippen LogP contribution in [0.3, 0.4) is 0 Å². The van der Waals surface area contributed by atoms with Gasteiger partial charge in [-0.15, -0.1) is 0 Å². The van der Waals surface area contributed by atoms with Crippen molar-refractivity contribution in [3.8, 4) is 0 Å². The van der Waals surface area contributed by atoms with Crippen molar-refractivity contribution in [1.82, 2.24) is 15.3 Å². The van der Waals surface area contributed by atoms with Gasteiger partial charge in [-0.25, -0.2) is 4.98 Å². The topological polar surface area (TPSA) is 53.1 Å². The molecule has 1 aromatic heterocycles. The Morgan fingerprint density at radius 2 is 1.88 bits per heavy atom. The summed E-state index contributed by atoms with van der Waals surface area (Å²) in [4.78, 5) is 9.69. The largest absolute Gasteiger partial charge is 0.433 e. The fourth-order valence-electron chi connectivity index (χ4n) is 2.59. The lowest BCUT2D eigenvalue weighted by Gasteiger charge is -2.31. The number of rotatable bonds is 3. The van der Waals surface area contributed by atoms with E-state index < -0.39 is 11.9 Å². The van der Waals surface area contributed by atoms with Crippen LogP contribution in [0.1, 0.15) is 38.3 Å². The lowest BCUT2D eigenvalue weighted by molar-refractivity contribution is -0.141. The van der Waals surface area contributed by atoms with E-state index in [0.717, 1.165) is 31.7 Å². The molecule has 0 bridgehead atoms. The van der Waals surface area contributed by atoms with Gasteiger partial charge >= 0.3 is 6.18 Å². The first kappa shape index (κ1) is 17.2. The zero-order chi connectivity index (χ0) is 17.3. The van der Waals surface area contributed by atoms with E-state index >= 15 is 0 Å². The van der Waals surface area contributed by atoms with E-state index in [1.807, 2.05) is 4.90 Å². The number of hydrogen-bond acceptors (Lipinski definition) is 4. The van der Waals surface area contributed by atoms with Crippen LogP contribution in [0, 0.1) is 5.92 Å². The SMILES string of the molecule is CC1CCN(c2cc(C(F)(F)F)nc(NC(=S)NC3CC3)n2)CC1. The van der Waals surface area contributed by atoms with Crippen LogP contribution in [0.25, 0.3) is 0 Å². The summed E-state index contributed by atoms with van der Waals surface area (Å²) in [6.45, 7) is 3.53. The fourth-order valence-corrected chi connectivity index (χ4v) is 2.84. The second-order valence-electron chi connectivity index (χ2n) is 6.48. The van der Waals surface area contributed by atoms with Crippen molar-refractivity contribution in [3.05, 3.63) is 11.8 Å². The van der Waals surface area contributed by atoms with Gasteiger partial charge in [0, 0.05) is 25.2 Å². The molecule has 0 radical (unpaired) electrons. The van der Waals surface area contributed by atoms with Gasteiger partial charge in [-0.2, -0.15) is 18.2 Å². The lowest BCUT2D eigenvalue weighted by atomic mass is 9.99. The molecule has 1 aliphatic carbocycles. The molecule has 0 atom stereocenters. The standard InChI is InChI=1S/C15H20F3N5S/c1-9-4-6-23(7-5-9)12-8-11(15(16,17)18)20-13(21-12)22-14(24)19-10-2-3-10/h8-10H,2-7H2,1H3,(H2,19,20,21,22,24). The van der Waals surface area contributed by atoms with Crippen LogP contribution in [0.5, 0.6) is 0 Å². The molecular weight excluding hydrogens is 339 g/mol. The summed E-state index contributed by atoms with van der Waals surface area (Å²) < 4.78 is 39.4. The minimum Gasteiger partial charge on any atom is -0.360 e. The highest BCUT2D eigenvalue weighted by Gasteiger charge is 2.34. The van der Waals surface area contributed by atoms with Gasteiger partial charge in [-0.3, -0.25) is 0 Å². The summed E-state index contributed by atoms with van der Waals surface area (Å²) in [6.07, 6.45) is -0.612. The van der Waals surface area contributed by atoms with Gasteiger partial charge in [0.25, 0.3) is 0 Å². The lowest BCUT2D eigenvalue weighted by Crippen LogP contribution is -2.35. The van der Waals surface area contributed by atoms with E-state index in [9.17, 15) is 13.2 Å². The molecular formula is C15H20F3N5S. The van der Waals surface area contributed by atoms with Crippen LogP contribution in [0.15, 0.2) is 6.07 Å². The first-order valence-corrected chi connectivity index (χ1v) is 8.51. The Kier molecular flexibility index (Phi) is 4.80. The number of nitrogens with one attached hydrogen (secondary N) is 2. The summed E-state index contributed by atoms with van der Waals surface area (Å²) in [5.41, 5.74) is -0.956. The normalized spacial score (nSPS) is 19.2. The van der Waals surface area contributed by atoms with Crippen LogP contribution in [-0.4, -0.2) is 34.2 Å².